The average molecular weight is 262 g/mol. The molecule has 0 N–H and O–H groups in total. The van der Waals surface area contributed by atoms with Crippen molar-refractivity contribution in [3.05, 3.63) is 0 Å². The average Bonchev–Trinajstić information content (AvgIpc) is 2.31. The summed E-state index contributed by atoms with van der Waals surface area (Å²) in [5.74, 6) is 0. The van der Waals surface area contributed by atoms with Crippen LogP contribution < -0.4 is 0 Å². The number of rotatable bonds is 9. The van der Waals surface area contributed by atoms with Gasteiger partial charge in [0.05, 0.1) is 0 Å². The van der Waals surface area contributed by atoms with Crippen LogP contribution in [0.2, 0.25) is 0 Å². The summed E-state index contributed by atoms with van der Waals surface area (Å²) in [5.41, 5.74) is 1.12. The molecule has 0 amide bonds. The van der Waals surface area contributed by atoms with Crippen LogP contribution in [0, 0.1) is 0 Å². The Bertz CT molecular complexity index is 222. The minimum absolute atomic E-state index is 0.490. The van der Waals surface area contributed by atoms with Gasteiger partial charge in [-0.15, -0.1) is 0 Å². The largest absolute Gasteiger partial charge is 0.522 e. The second-order valence-electron chi connectivity index (χ2n) is 4.25. The van der Waals surface area contributed by atoms with Gasteiger partial charge < -0.3 is 18.2 Å². The highest BCUT2D eigenvalue weighted by atomic mass is 28.4. The summed E-state index contributed by atoms with van der Waals surface area (Å²) in [6.45, 7) is 3.12. The van der Waals surface area contributed by atoms with Crippen molar-refractivity contribution in [1.82, 2.24) is 4.90 Å². The van der Waals surface area contributed by atoms with Crippen LogP contribution >= 0.6 is 0 Å². The van der Waals surface area contributed by atoms with E-state index in [1.807, 2.05) is 6.92 Å². The number of hydrogen-bond donors (Lipinski definition) is 0. The lowest BCUT2D eigenvalue weighted by atomic mass is 10.2. The van der Waals surface area contributed by atoms with Crippen molar-refractivity contribution in [3.8, 4) is 0 Å². The van der Waals surface area contributed by atoms with Crippen molar-refractivity contribution in [2.75, 3.05) is 48.1 Å². The van der Waals surface area contributed by atoms with E-state index >= 15 is 0 Å². The van der Waals surface area contributed by atoms with E-state index < -0.39 is 8.80 Å². The third-order valence-corrected chi connectivity index (χ3v) is 5.03. The van der Waals surface area contributed by atoms with Crippen LogP contribution in [-0.2, 0) is 13.3 Å². The Labute approximate surface area is 106 Å². The second kappa shape index (κ2) is 8.76. The van der Waals surface area contributed by atoms with Gasteiger partial charge in [0.2, 0.25) is 0 Å². The maximum Gasteiger partial charge on any atom is 0.522 e. The normalized spacial score (nSPS) is 13.5. The van der Waals surface area contributed by atoms with Crippen molar-refractivity contribution < 1.29 is 13.3 Å². The molecule has 0 aromatic carbocycles. The zero-order valence-electron chi connectivity index (χ0n) is 11.9. The van der Waals surface area contributed by atoms with Gasteiger partial charge in [0.15, 0.2) is 0 Å². The van der Waals surface area contributed by atoms with E-state index in [0.717, 1.165) is 25.1 Å². The van der Waals surface area contributed by atoms with Gasteiger partial charge in [-0.2, -0.15) is 0 Å². The van der Waals surface area contributed by atoms with E-state index in [1.54, 1.807) is 21.3 Å². The van der Waals surface area contributed by atoms with Crippen LogP contribution in [0.5, 0.6) is 0 Å². The van der Waals surface area contributed by atoms with Crippen LogP contribution in [0.3, 0.4) is 0 Å². The highest BCUT2D eigenvalue weighted by molar-refractivity contribution is 6.61. The first-order valence-electron chi connectivity index (χ1n) is 5.79. The number of aliphatic imine (C=N–C) groups is 1. The Hall–Kier alpha value is -0.273. The molecule has 0 spiro atoms. The summed E-state index contributed by atoms with van der Waals surface area (Å²) in [6, 6.07) is 0. The molecule has 0 radical (unpaired) electrons. The van der Waals surface area contributed by atoms with Crippen molar-refractivity contribution in [1.29, 1.82) is 0 Å². The van der Waals surface area contributed by atoms with Gasteiger partial charge in [0.1, 0.15) is 6.17 Å². The Morgan fingerprint density at radius 1 is 1.12 bits per heavy atom. The molecule has 5 nitrogen and oxygen atoms in total. The molecule has 0 saturated heterocycles. The molecule has 0 aromatic rings. The fourth-order valence-electron chi connectivity index (χ4n) is 1.41. The van der Waals surface area contributed by atoms with Crippen molar-refractivity contribution >= 4 is 14.5 Å². The maximum atomic E-state index is 5.31. The van der Waals surface area contributed by atoms with Crippen molar-refractivity contribution in [2.24, 2.45) is 4.99 Å². The summed E-state index contributed by atoms with van der Waals surface area (Å²) in [4.78, 5) is 6.66. The molecule has 0 saturated carbocycles. The van der Waals surface area contributed by atoms with Crippen LogP contribution in [0.4, 0.5) is 0 Å². The topological polar surface area (TPSA) is 43.3 Å². The summed E-state index contributed by atoms with van der Waals surface area (Å²) < 4.78 is 15.9. The van der Waals surface area contributed by atoms with E-state index in [9.17, 15) is 0 Å². The summed E-state index contributed by atoms with van der Waals surface area (Å²) >= 11 is 0. The lowest BCUT2D eigenvalue weighted by molar-refractivity contribution is 0.125. The van der Waals surface area contributed by atoms with Crippen LogP contribution in [0.1, 0.15) is 19.8 Å². The predicted octanol–water partition coefficient (Wildman–Crippen LogP) is 1.21. The SMILES string of the molecule is CO[Si](CN=C(C)CCCN(C)C)(OC)OC. The van der Waals surface area contributed by atoms with Gasteiger partial charge in [-0.25, -0.2) is 0 Å². The molecule has 0 heterocycles. The molecule has 0 atom stereocenters. The highest BCUT2D eigenvalue weighted by Gasteiger charge is 2.37. The van der Waals surface area contributed by atoms with E-state index in [2.05, 4.69) is 24.0 Å². The molecule has 0 aliphatic rings. The molecular formula is C11H26N2O3Si. The molecule has 17 heavy (non-hydrogen) atoms. The smallest absolute Gasteiger partial charge is 0.376 e. The van der Waals surface area contributed by atoms with Crippen molar-refractivity contribution in [3.63, 3.8) is 0 Å². The quantitative estimate of drug-likeness (QED) is 0.463. The predicted molar refractivity (Wildman–Crippen MR) is 72.5 cm³/mol. The summed E-state index contributed by atoms with van der Waals surface area (Å²) in [7, 11) is 6.43. The Morgan fingerprint density at radius 2 is 1.65 bits per heavy atom. The minimum atomic E-state index is -2.54. The molecule has 0 bridgehead atoms. The first-order valence-corrected chi connectivity index (χ1v) is 7.73. The first-order chi connectivity index (χ1) is 7.99. The van der Waals surface area contributed by atoms with Crippen LogP contribution in [-0.4, -0.2) is 67.6 Å². The Kier molecular flexibility index (Phi) is 8.62. The van der Waals surface area contributed by atoms with E-state index in [1.165, 1.54) is 0 Å². The van der Waals surface area contributed by atoms with E-state index in [4.69, 9.17) is 13.3 Å². The van der Waals surface area contributed by atoms with Gasteiger partial charge in [-0.1, -0.05) is 0 Å². The fourth-order valence-corrected chi connectivity index (χ4v) is 2.76. The lowest BCUT2D eigenvalue weighted by Crippen LogP contribution is -2.46. The molecule has 6 heteroatoms. The molecule has 0 aliphatic carbocycles. The highest BCUT2D eigenvalue weighted by Crippen LogP contribution is 2.07. The van der Waals surface area contributed by atoms with Crippen LogP contribution in [0.25, 0.3) is 0 Å². The number of nitrogens with zero attached hydrogens (tertiary/aromatic N) is 2. The maximum absolute atomic E-state index is 5.31. The first kappa shape index (κ1) is 16.7. The van der Waals surface area contributed by atoms with E-state index in [-0.39, 0.29) is 0 Å². The van der Waals surface area contributed by atoms with Crippen molar-refractivity contribution in [2.45, 2.75) is 19.8 Å². The zero-order chi connectivity index (χ0) is 13.3. The molecule has 0 unspecified atom stereocenters. The molecule has 0 fully saturated rings. The number of hydrogen-bond acceptors (Lipinski definition) is 5. The van der Waals surface area contributed by atoms with Gasteiger partial charge in [0.25, 0.3) is 0 Å². The third kappa shape index (κ3) is 6.90. The lowest BCUT2D eigenvalue weighted by Gasteiger charge is -2.22. The fraction of sp³-hybridized carbons (Fsp3) is 0.909. The van der Waals surface area contributed by atoms with Gasteiger partial charge in [0, 0.05) is 27.0 Å². The molecular weight excluding hydrogens is 236 g/mol. The zero-order valence-corrected chi connectivity index (χ0v) is 12.9. The monoisotopic (exact) mass is 262 g/mol. The van der Waals surface area contributed by atoms with Gasteiger partial charge in [-0.05, 0) is 40.4 Å². The minimum Gasteiger partial charge on any atom is -0.376 e. The van der Waals surface area contributed by atoms with Gasteiger partial charge in [-0.3, -0.25) is 4.99 Å². The molecule has 0 aromatic heterocycles. The van der Waals surface area contributed by atoms with Crippen LogP contribution in [0.15, 0.2) is 4.99 Å². The second-order valence-corrected chi connectivity index (χ2v) is 7.16. The standard InChI is InChI=1S/C11H26N2O3Si/c1-11(8-7-9-13(2)3)12-10-17(14-4,15-5)16-6/h7-10H2,1-6H3. The Morgan fingerprint density at radius 3 is 2.06 bits per heavy atom. The molecule has 0 rings (SSSR count). The molecule has 0 aliphatic heterocycles. The Balaban J connectivity index is 4.11. The van der Waals surface area contributed by atoms with E-state index in [0.29, 0.717) is 6.17 Å². The summed E-state index contributed by atoms with van der Waals surface area (Å²) in [6.07, 6.45) is 2.61. The van der Waals surface area contributed by atoms with Gasteiger partial charge >= 0.3 is 8.80 Å². The molecule has 102 valence electrons. The third-order valence-electron chi connectivity index (χ3n) is 2.62. The summed E-state index contributed by atoms with van der Waals surface area (Å²) in [5, 5.41) is 0.